The lowest BCUT2D eigenvalue weighted by molar-refractivity contribution is -0.137. The molecule has 0 unspecified atom stereocenters. The smallest absolute Gasteiger partial charge is 0.417 e. The Bertz CT molecular complexity index is 6230. The third-order valence-corrected chi connectivity index (χ3v) is 24.5. The number of methoxy groups -OCH3 is 2. The number of hydrogen-bond acceptors (Lipinski definition) is 19. The quantitative estimate of drug-likeness (QED) is 0.0137. The molecule has 8 aromatic heterocycles. The average Bonchev–Trinajstić information content (AvgIpc) is 0.989. The normalized spacial score (nSPS) is 13.4. The van der Waals surface area contributed by atoms with E-state index in [0.29, 0.717) is 178 Å². The van der Waals surface area contributed by atoms with Crippen LogP contribution in [0.2, 0.25) is 0 Å². The van der Waals surface area contributed by atoms with E-state index in [0.717, 1.165) is 170 Å². The van der Waals surface area contributed by atoms with E-state index in [-0.39, 0.29) is 69.1 Å². The second-order valence-corrected chi connectivity index (χ2v) is 34.4. The summed E-state index contributed by atoms with van der Waals surface area (Å²) in [4.78, 5) is 135. The summed E-state index contributed by atoms with van der Waals surface area (Å²) in [6.07, 6.45) is 28.2. The van der Waals surface area contributed by atoms with Gasteiger partial charge in [0.2, 0.25) is 0 Å². The molecule has 4 aromatic carbocycles. The van der Waals surface area contributed by atoms with Crippen molar-refractivity contribution >= 4 is 96.1 Å². The van der Waals surface area contributed by atoms with Crippen molar-refractivity contribution in [2.45, 2.75) is 202 Å². The molecule has 0 bridgehead atoms. The Morgan fingerprint density at radius 2 is 0.636 bits per heavy atom. The number of carbonyl (C=O) groups excluding carboxylic acids is 8. The highest BCUT2D eigenvalue weighted by Crippen LogP contribution is 2.45. The van der Waals surface area contributed by atoms with Gasteiger partial charge in [-0.1, -0.05) is 98.4 Å². The number of benzene rings is 4. The molecule has 23 nitrogen and oxygen atoms in total. The molecule has 27 heteroatoms. The highest BCUT2D eigenvalue weighted by atomic mass is 19.4. The minimum atomic E-state index is -4.62. The van der Waals surface area contributed by atoms with Crippen LogP contribution in [0, 0.1) is 29.5 Å². The average molecular weight is 1800 g/mol. The Morgan fingerprint density at radius 1 is 0.356 bits per heavy atom. The van der Waals surface area contributed by atoms with Gasteiger partial charge in [-0.3, -0.25) is 78.2 Å². The number of nitrogen functional groups attached to an aromatic ring is 1. The third-order valence-electron chi connectivity index (χ3n) is 24.5. The first-order valence-corrected chi connectivity index (χ1v) is 46.3. The Balaban J connectivity index is 0.000000150. The van der Waals surface area contributed by atoms with Gasteiger partial charge in [-0.05, 0) is 197 Å². The van der Waals surface area contributed by atoms with Gasteiger partial charge < -0.3 is 36.5 Å². The van der Waals surface area contributed by atoms with E-state index < -0.39 is 17.6 Å². The number of Topliss-reactive ketones (excluding diaryl/α,β-unsaturated/α-hetero) is 4. The molecular formula is C105H115F4N13O10. The third kappa shape index (κ3) is 24.1. The van der Waals surface area contributed by atoms with Crippen molar-refractivity contribution in [3.05, 3.63) is 220 Å². The number of unbranched alkanes of at least 4 members (excludes halogenated alkanes) is 4. The molecule has 4 amide bonds. The predicted octanol–water partition coefficient (Wildman–Crippen LogP) is 21.7. The maximum absolute atomic E-state index is 14.9. The van der Waals surface area contributed by atoms with Crippen LogP contribution in [0.1, 0.15) is 283 Å². The number of aromatic nitrogens is 8. The molecule has 4 fully saturated rings. The van der Waals surface area contributed by atoms with E-state index in [9.17, 15) is 55.9 Å². The van der Waals surface area contributed by atoms with E-state index in [1.807, 2.05) is 57.2 Å². The van der Waals surface area contributed by atoms with E-state index in [1.54, 1.807) is 75.5 Å². The largest absolute Gasteiger partial charge is 0.496 e. The van der Waals surface area contributed by atoms with Gasteiger partial charge in [0, 0.05) is 197 Å². The van der Waals surface area contributed by atoms with Gasteiger partial charge in [-0.15, -0.1) is 0 Å². The monoisotopic (exact) mass is 1790 g/mol. The molecule has 4 saturated carbocycles. The first kappa shape index (κ1) is 96.4. The Hall–Kier alpha value is -13.2. The van der Waals surface area contributed by atoms with Gasteiger partial charge in [0.1, 0.15) is 40.1 Å². The summed E-state index contributed by atoms with van der Waals surface area (Å²) in [6, 6.07) is 26.6. The van der Waals surface area contributed by atoms with Crippen LogP contribution >= 0.6 is 0 Å². The lowest BCUT2D eigenvalue weighted by atomic mass is 9.92. The number of ketones is 4. The van der Waals surface area contributed by atoms with Crippen LogP contribution in [-0.4, -0.2) is 127 Å². The number of nitrogens with zero attached hydrogens (tertiary/aromatic N) is 8. The van der Waals surface area contributed by atoms with Crippen molar-refractivity contribution in [2.24, 2.45) is 23.7 Å². The molecule has 16 rings (SSSR count). The molecule has 0 aliphatic heterocycles. The van der Waals surface area contributed by atoms with Crippen molar-refractivity contribution < 1.29 is 65.4 Å². The van der Waals surface area contributed by atoms with Gasteiger partial charge in [0.25, 0.3) is 23.6 Å². The molecule has 0 saturated heterocycles. The number of pyridine rings is 8. The molecule has 0 radical (unpaired) electrons. The zero-order chi connectivity index (χ0) is 93.9. The highest BCUT2D eigenvalue weighted by molar-refractivity contribution is 6.10. The number of amides is 4. The minimum absolute atomic E-state index is 0.0136. The summed E-state index contributed by atoms with van der Waals surface area (Å²) in [5.41, 5.74) is 18.7. The lowest BCUT2D eigenvalue weighted by Crippen LogP contribution is -2.25. The minimum Gasteiger partial charge on any atom is -0.496 e. The molecule has 4 aliphatic rings. The number of ether oxygens (including phenoxy) is 2. The van der Waals surface area contributed by atoms with Crippen LogP contribution < -0.4 is 36.5 Å². The predicted molar refractivity (Wildman–Crippen MR) is 506 cm³/mol. The number of anilines is 1. The summed E-state index contributed by atoms with van der Waals surface area (Å²) >= 11 is 0. The first-order valence-electron chi connectivity index (χ1n) is 46.3. The van der Waals surface area contributed by atoms with Crippen LogP contribution in [0.5, 0.6) is 11.5 Å². The van der Waals surface area contributed by atoms with Gasteiger partial charge >= 0.3 is 6.18 Å². The van der Waals surface area contributed by atoms with Crippen LogP contribution in [0.4, 0.5) is 23.2 Å². The summed E-state index contributed by atoms with van der Waals surface area (Å²) in [5.74, 6) is 2.15. The van der Waals surface area contributed by atoms with Gasteiger partial charge in [-0.25, -0.2) is 4.39 Å². The Kier molecular flexibility index (Phi) is 32.6. The fourth-order valence-electron chi connectivity index (χ4n) is 16.1. The van der Waals surface area contributed by atoms with Crippen molar-refractivity contribution in [3.63, 3.8) is 0 Å². The van der Waals surface area contributed by atoms with Gasteiger partial charge in [0.15, 0.2) is 23.1 Å². The summed E-state index contributed by atoms with van der Waals surface area (Å²) < 4.78 is 68.2. The van der Waals surface area contributed by atoms with E-state index in [1.165, 1.54) is 42.9 Å². The van der Waals surface area contributed by atoms with Crippen molar-refractivity contribution in [1.29, 1.82) is 0 Å². The number of alkyl halides is 3. The van der Waals surface area contributed by atoms with Crippen molar-refractivity contribution in [1.82, 2.24) is 61.1 Å². The van der Waals surface area contributed by atoms with Crippen LogP contribution in [-0.2, 0) is 25.4 Å². The summed E-state index contributed by atoms with van der Waals surface area (Å²) in [7, 11) is 3.21. The Labute approximate surface area is 766 Å². The number of aryl methyl sites for hydroxylation is 3. The first-order chi connectivity index (χ1) is 63.8. The van der Waals surface area contributed by atoms with E-state index >= 15 is 0 Å². The zero-order valence-corrected chi connectivity index (χ0v) is 76.5. The van der Waals surface area contributed by atoms with Crippen molar-refractivity contribution in [3.8, 4) is 56.0 Å². The standard InChI is InChI=1S/C27H28F3N3O2.C27H31N3O3.C26H28FN3O2.C25H28N4O3/c1-3-5-10-31-26(35)23-9-8-17(14-32-23)19-12-20-18(4-2)21(25(34)11-16-6-7-16)15-33-24(20)13-22(19)27(28,29)30;1-4-6-11-28-27(32)23-10-9-18(15-29-23)20-13-21-19(5-2)22(25(31)12-17-7-8-17)16-30-24(21)14-26(20)33-3;1-3-5-10-28-26(32)23-9-8-17(14-29-23)19-12-20-18(4-2)21(25(31)11-16-6-7-16)15-30-24(20)13-22(19)27;1-3-4-9-27-25(31)20-8-7-16(13-28-20)17-11-18-21(12-23(17)32-2)29-14-19(24(18)26)22(30)10-15-5-6-15/h8-9,12-16H,3-7,10-11H2,1-2H3,(H,31,35);9-10,13-17H,4-8,11-12H2,1-3H3,(H,28,32);8-9,12-16H,3-7,10-11H2,1-2H3,(H,28,32);7-8,11-15H,3-6,9-10H2,1-2H3,(H2,26,29)(H,27,31). The maximum Gasteiger partial charge on any atom is 0.417 e. The SMILES string of the molecule is CCCCNC(=O)c1ccc(-c2cc3c(CC)c(C(=O)CC4CC4)cnc3cc2C(F)(F)F)cn1.CCCCNC(=O)c1ccc(-c2cc3c(CC)c(C(=O)CC4CC4)cnc3cc2F)cn1.CCCCNC(=O)c1ccc(-c2cc3c(CC)c(C(=O)CC4CC4)cnc3cc2OC)cn1.CCCCNC(=O)c1ccc(-c2cc3c(N)c(C(=O)CC4CC4)cnc3cc2OC)cn1. The maximum atomic E-state index is 14.9. The lowest BCUT2D eigenvalue weighted by Gasteiger charge is -2.17. The summed E-state index contributed by atoms with van der Waals surface area (Å²) in [6.45, 7) is 16.6. The number of halogens is 4. The molecular weight excluding hydrogens is 1680 g/mol. The molecule has 6 N–H and O–H groups in total. The number of hydrogen-bond donors (Lipinski definition) is 5. The van der Waals surface area contributed by atoms with Crippen LogP contribution in [0.15, 0.2) is 147 Å². The second-order valence-electron chi connectivity index (χ2n) is 34.4. The highest BCUT2D eigenvalue weighted by Gasteiger charge is 2.37. The molecule has 132 heavy (non-hydrogen) atoms. The molecule has 0 spiro atoms. The van der Waals surface area contributed by atoms with Gasteiger partial charge in [0.05, 0.1) is 53.1 Å². The number of nitrogens with two attached hydrogens (primary N) is 1. The Morgan fingerprint density at radius 3 is 0.939 bits per heavy atom. The fourth-order valence-corrected chi connectivity index (χ4v) is 16.1. The number of rotatable bonds is 37. The fraction of sp³-hybridized carbons (Fsp3) is 0.390. The van der Waals surface area contributed by atoms with Crippen LogP contribution in [0.25, 0.3) is 88.1 Å². The topological polar surface area (TPSA) is 332 Å². The molecule has 8 heterocycles. The number of fused-ring (bicyclic) bond motifs is 4. The zero-order valence-electron chi connectivity index (χ0n) is 76.5. The molecule has 12 aromatic rings. The van der Waals surface area contributed by atoms with Crippen molar-refractivity contribution in [2.75, 3.05) is 46.1 Å². The van der Waals surface area contributed by atoms with Crippen LogP contribution in [0.3, 0.4) is 0 Å². The summed E-state index contributed by atoms with van der Waals surface area (Å²) in [5, 5.41) is 14.3. The van der Waals surface area contributed by atoms with Gasteiger partial charge in [-0.2, -0.15) is 13.2 Å². The molecule has 4 aliphatic carbocycles. The molecule has 688 valence electrons. The number of nitrogens with one attached hydrogen (secondary N) is 4. The van der Waals surface area contributed by atoms with E-state index in [4.69, 9.17) is 15.2 Å². The second kappa shape index (κ2) is 44.6. The molecule has 0 atom stereocenters. The van der Waals surface area contributed by atoms with E-state index in [2.05, 4.69) is 88.8 Å². The number of carbonyl (C=O) groups is 8.